The van der Waals surface area contributed by atoms with Gasteiger partial charge in [-0.1, -0.05) is 18.2 Å². The normalized spacial score (nSPS) is 10.8. The van der Waals surface area contributed by atoms with Gasteiger partial charge in [-0.05, 0) is 30.7 Å². The van der Waals surface area contributed by atoms with E-state index in [1.165, 1.54) is 14.2 Å². The van der Waals surface area contributed by atoms with Crippen LogP contribution in [0, 0.1) is 6.92 Å². The van der Waals surface area contributed by atoms with E-state index in [4.69, 9.17) is 9.47 Å². The van der Waals surface area contributed by atoms with Gasteiger partial charge in [0.25, 0.3) is 0 Å². The third-order valence-corrected chi connectivity index (χ3v) is 4.22. The first kappa shape index (κ1) is 15.9. The number of benzene rings is 2. The van der Waals surface area contributed by atoms with E-state index in [0.717, 1.165) is 33.3 Å². The third kappa shape index (κ3) is 2.58. The number of esters is 1. The molecule has 0 saturated carbocycles. The first-order valence-electron chi connectivity index (χ1n) is 7.60. The zero-order valence-electron chi connectivity index (χ0n) is 13.8. The van der Waals surface area contributed by atoms with Gasteiger partial charge in [-0.3, -0.25) is 4.79 Å². The number of phenolic OH excluding ortho intramolecular Hbond substituents is 1. The summed E-state index contributed by atoms with van der Waals surface area (Å²) in [5.74, 6) is 0.212. The van der Waals surface area contributed by atoms with Crippen molar-refractivity contribution in [3.05, 3.63) is 47.5 Å². The lowest BCUT2D eigenvalue weighted by atomic mass is 9.98. The molecule has 0 saturated heterocycles. The number of aromatic hydroxyl groups is 1. The molecule has 0 bridgehead atoms. The second-order valence-electron chi connectivity index (χ2n) is 5.57. The lowest BCUT2D eigenvalue weighted by molar-refractivity contribution is -0.139. The van der Waals surface area contributed by atoms with Crippen molar-refractivity contribution in [3.63, 3.8) is 0 Å². The summed E-state index contributed by atoms with van der Waals surface area (Å²) in [6.07, 6.45) is 0.165. The maximum absolute atomic E-state index is 11.9. The highest BCUT2D eigenvalue weighted by atomic mass is 16.5. The van der Waals surface area contributed by atoms with Gasteiger partial charge in [0.05, 0.1) is 26.3 Å². The maximum atomic E-state index is 11.9. The molecule has 3 aromatic rings. The average Bonchev–Trinajstić information content (AvgIpc) is 2.94. The van der Waals surface area contributed by atoms with E-state index in [1.54, 1.807) is 6.07 Å². The molecule has 0 fully saturated rings. The summed E-state index contributed by atoms with van der Waals surface area (Å²) in [4.78, 5) is 15.2. The number of H-pyrrole nitrogens is 1. The number of phenols is 1. The number of hydrogen-bond acceptors (Lipinski definition) is 4. The van der Waals surface area contributed by atoms with Crippen LogP contribution < -0.4 is 4.74 Å². The minimum absolute atomic E-state index is 0.0874. The quantitative estimate of drug-likeness (QED) is 0.719. The van der Waals surface area contributed by atoms with Gasteiger partial charge in [0.2, 0.25) is 0 Å². The van der Waals surface area contributed by atoms with E-state index in [2.05, 4.69) is 4.98 Å². The van der Waals surface area contributed by atoms with Crippen LogP contribution in [0.5, 0.6) is 11.5 Å². The van der Waals surface area contributed by atoms with Crippen LogP contribution >= 0.6 is 0 Å². The van der Waals surface area contributed by atoms with Crippen molar-refractivity contribution in [3.8, 4) is 22.8 Å². The molecule has 24 heavy (non-hydrogen) atoms. The Morgan fingerprint density at radius 1 is 1.17 bits per heavy atom. The summed E-state index contributed by atoms with van der Waals surface area (Å²) in [6.45, 7) is 1.88. The van der Waals surface area contributed by atoms with Crippen molar-refractivity contribution in [2.75, 3.05) is 14.2 Å². The van der Waals surface area contributed by atoms with Crippen molar-refractivity contribution in [2.45, 2.75) is 13.3 Å². The molecule has 0 aliphatic rings. The third-order valence-electron chi connectivity index (χ3n) is 4.22. The van der Waals surface area contributed by atoms with Crippen LogP contribution in [-0.2, 0) is 16.0 Å². The van der Waals surface area contributed by atoms with Crippen molar-refractivity contribution >= 4 is 16.9 Å². The highest BCUT2D eigenvalue weighted by molar-refractivity contribution is 5.95. The minimum Gasteiger partial charge on any atom is -0.504 e. The lowest BCUT2D eigenvalue weighted by Gasteiger charge is -2.12. The summed E-state index contributed by atoms with van der Waals surface area (Å²) < 4.78 is 10.1. The molecule has 0 aliphatic carbocycles. The predicted octanol–water partition coefficient (Wildman–Crippen LogP) is 3.57. The second kappa shape index (κ2) is 6.28. The molecule has 0 spiro atoms. The minimum atomic E-state index is -0.301. The van der Waals surface area contributed by atoms with Crippen molar-refractivity contribution in [2.24, 2.45) is 0 Å². The van der Waals surface area contributed by atoms with Gasteiger partial charge in [-0.25, -0.2) is 0 Å². The molecule has 2 aromatic carbocycles. The largest absolute Gasteiger partial charge is 0.504 e. The molecule has 2 N–H and O–H groups in total. The second-order valence-corrected chi connectivity index (χ2v) is 5.57. The van der Waals surface area contributed by atoms with Gasteiger partial charge in [0.1, 0.15) is 0 Å². The highest BCUT2D eigenvalue weighted by Crippen LogP contribution is 2.39. The fourth-order valence-electron chi connectivity index (χ4n) is 3.04. The summed E-state index contributed by atoms with van der Waals surface area (Å²) in [7, 11) is 2.90. The molecule has 0 aliphatic heterocycles. The van der Waals surface area contributed by atoms with Crippen molar-refractivity contribution in [1.82, 2.24) is 4.98 Å². The number of carbonyl (C=O) groups excluding carboxylic acids is 1. The molecule has 0 radical (unpaired) electrons. The van der Waals surface area contributed by atoms with Crippen LogP contribution in [0.4, 0.5) is 0 Å². The number of para-hydroxylation sites is 1. The number of ether oxygens (including phenoxy) is 2. The van der Waals surface area contributed by atoms with E-state index in [-0.39, 0.29) is 18.1 Å². The Morgan fingerprint density at radius 2 is 1.92 bits per heavy atom. The Balaban J connectivity index is 2.26. The van der Waals surface area contributed by atoms with Gasteiger partial charge in [-0.15, -0.1) is 0 Å². The summed E-state index contributed by atoms with van der Waals surface area (Å²) in [5.41, 5.74) is 4.32. The van der Waals surface area contributed by atoms with E-state index < -0.39 is 0 Å². The van der Waals surface area contributed by atoms with Gasteiger partial charge in [0.15, 0.2) is 11.5 Å². The number of fused-ring (bicyclic) bond motifs is 1. The standard InChI is InChI=1S/C19H19NO4/c1-11-12(8-9-16(21)19(11)24-3)18-14(10-17(22)23-2)13-6-4-5-7-15(13)20-18/h4-9,20-21H,10H2,1-3H3. The number of aromatic amines is 1. The topological polar surface area (TPSA) is 71.6 Å². The van der Waals surface area contributed by atoms with Crippen molar-refractivity contribution < 1.29 is 19.4 Å². The maximum Gasteiger partial charge on any atom is 0.310 e. The monoisotopic (exact) mass is 325 g/mol. The molecule has 1 aromatic heterocycles. The van der Waals surface area contributed by atoms with Gasteiger partial charge in [0, 0.05) is 22.0 Å². The van der Waals surface area contributed by atoms with E-state index in [9.17, 15) is 9.90 Å². The molecule has 124 valence electrons. The van der Waals surface area contributed by atoms with Crippen LogP contribution in [0.2, 0.25) is 0 Å². The van der Waals surface area contributed by atoms with Crippen LogP contribution in [0.15, 0.2) is 36.4 Å². The average molecular weight is 325 g/mol. The van der Waals surface area contributed by atoms with Crippen LogP contribution in [0.25, 0.3) is 22.2 Å². The SMILES string of the molecule is COC(=O)Cc1c(-c2ccc(O)c(OC)c2C)[nH]c2ccccc12. The predicted molar refractivity (Wildman–Crippen MR) is 92.4 cm³/mol. The van der Waals surface area contributed by atoms with Crippen LogP contribution in [-0.4, -0.2) is 30.3 Å². The number of hydrogen-bond donors (Lipinski definition) is 2. The Kier molecular flexibility index (Phi) is 4.16. The molecule has 0 atom stereocenters. The molecule has 3 rings (SSSR count). The Hall–Kier alpha value is -2.95. The first-order chi connectivity index (χ1) is 11.6. The van der Waals surface area contributed by atoms with E-state index in [1.807, 2.05) is 37.3 Å². The van der Waals surface area contributed by atoms with Gasteiger partial charge in [-0.2, -0.15) is 0 Å². The van der Waals surface area contributed by atoms with Crippen molar-refractivity contribution in [1.29, 1.82) is 0 Å². The lowest BCUT2D eigenvalue weighted by Crippen LogP contribution is -2.05. The van der Waals surface area contributed by atoms with E-state index >= 15 is 0 Å². The number of carbonyl (C=O) groups is 1. The molecular weight excluding hydrogens is 306 g/mol. The fourth-order valence-corrected chi connectivity index (χ4v) is 3.04. The molecule has 1 heterocycles. The number of methoxy groups -OCH3 is 2. The molecular formula is C19H19NO4. The number of aromatic nitrogens is 1. The Morgan fingerprint density at radius 3 is 2.62 bits per heavy atom. The van der Waals surface area contributed by atoms with Crippen LogP contribution in [0.3, 0.4) is 0 Å². The van der Waals surface area contributed by atoms with E-state index in [0.29, 0.717) is 5.75 Å². The zero-order chi connectivity index (χ0) is 17.3. The molecule has 5 nitrogen and oxygen atoms in total. The zero-order valence-corrected chi connectivity index (χ0v) is 13.8. The molecule has 0 unspecified atom stereocenters. The van der Waals surface area contributed by atoms with Crippen LogP contribution in [0.1, 0.15) is 11.1 Å². The first-order valence-corrected chi connectivity index (χ1v) is 7.60. The fraction of sp³-hybridized carbons (Fsp3) is 0.211. The smallest absolute Gasteiger partial charge is 0.310 e. The Labute approximate surface area is 139 Å². The summed E-state index contributed by atoms with van der Waals surface area (Å²) in [6, 6.07) is 11.2. The highest BCUT2D eigenvalue weighted by Gasteiger charge is 2.20. The summed E-state index contributed by atoms with van der Waals surface area (Å²) in [5, 5.41) is 10.9. The van der Waals surface area contributed by atoms with Gasteiger partial charge >= 0.3 is 5.97 Å². The molecule has 0 amide bonds. The number of rotatable bonds is 4. The molecule has 5 heteroatoms. The Bertz CT molecular complexity index is 911. The number of nitrogens with one attached hydrogen (secondary N) is 1. The van der Waals surface area contributed by atoms with Gasteiger partial charge < -0.3 is 19.6 Å². The summed E-state index contributed by atoms with van der Waals surface area (Å²) >= 11 is 0.